The lowest BCUT2D eigenvalue weighted by molar-refractivity contribution is -0.313. The van der Waals surface area contributed by atoms with Gasteiger partial charge in [0.05, 0.1) is 11.7 Å². The average molecular weight is 392 g/mol. The van der Waals surface area contributed by atoms with Crippen LogP contribution in [0.2, 0.25) is 0 Å². The molecule has 1 N–H and O–H groups in total. The Bertz CT molecular complexity index is 739. The molecule has 2 aliphatic carbocycles. The first-order valence-electron chi connectivity index (χ1n) is 9.75. The van der Waals surface area contributed by atoms with E-state index in [0.29, 0.717) is 23.4 Å². The summed E-state index contributed by atoms with van der Waals surface area (Å²) in [6.45, 7) is 3.59. The molecule has 0 saturated heterocycles. The number of esters is 1. The van der Waals surface area contributed by atoms with Gasteiger partial charge in [0.25, 0.3) is 0 Å². The number of aryl methyl sites for hydroxylation is 1. The number of nitrogens with one attached hydrogen (secondary N) is 1. The molecule has 3 rings (SSSR count). The Morgan fingerprint density at radius 1 is 1.07 bits per heavy atom. The number of hydrogen-bond donors (Lipinski definition) is 1. The number of carbonyl (C=O) groups is 3. The number of fused-ring (bicyclic) bond motifs is 1. The van der Waals surface area contributed by atoms with Crippen LogP contribution in [0.5, 0.6) is 0 Å². The standard InChI is InChI=1S/C20H27NO5S/c1-11(2)26-20(25)16-14-9-5-6-10-15(14)27-18(16)21-17(22)12-7-3-4-8-13(12)19(23)24/h11-13H,3-10H2,1-2H3,(H,21,22)(H,23,24)/p-1. The van der Waals surface area contributed by atoms with E-state index >= 15 is 0 Å². The van der Waals surface area contributed by atoms with Crippen molar-refractivity contribution in [3.05, 3.63) is 16.0 Å². The number of rotatable bonds is 5. The predicted molar refractivity (Wildman–Crippen MR) is 101 cm³/mol. The molecule has 1 heterocycles. The van der Waals surface area contributed by atoms with E-state index in [1.54, 1.807) is 13.8 Å². The minimum absolute atomic E-state index is 0.249. The predicted octanol–water partition coefficient (Wildman–Crippen LogP) is 2.69. The molecule has 1 aromatic rings. The number of thiophene rings is 1. The van der Waals surface area contributed by atoms with Gasteiger partial charge in [-0.05, 0) is 57.9 Å². The molecule has 27 heavy (non-hydrogen) atoms. The Hall–Kier alpha value is -1.89. The third-order valence-corrected chi connectivity index (χ3v) is 6.57. The second kappa shape index (κ2) is 8.42. The van der Waals surface area contributed by atoms with Gasteiger partial charge in [-0.15, -0.1) is 11.3 Å². The Balaban J connectivity index is 1.87. The first-order valence-corrected chi connectivity index (χ1v) is 10.6. The Labute approximate surface area is 163 Å². The second-order valence-electron chi connectivity index (χ2n) is 7.67. The van der Waals surface area contributed by atoms with Crippen molar-refractivity contribution < 1.29 is 24.2 Å². The van der Waals surface area contributed by atoms with Gasteiger partial charge in [0.15, 0.2) is 0 Å². The molecule has 1 aromatic heterocycles. The molecule has 0 bridgehead atoms. The molecule has 0 radical (unpaired) electrons. The second-order valence-corrected chi connectivity index (χ2v) is 8.78. The van der Waals surface area contributed by atoms with Crippen molar-refractivity contribution in [1.82, 2.24) is 0 Å². The molecular formula is C20H26NO5S-. The van der Waals surface area contributed by atoms with Crippen LogP contribution < -0.4 is 10.4 Å². The van der Waals surface area contributed by atoms with Crippen LogP contribution in [0.1, 0.15) is 73.2 Å². The van der Waals surface area contributed by atoms with Gasteiger partial charge in [-0.25, -0.2) is 4.79 Å². The van der Waals surface area contributed by atoms with Gasteiger partial charge in [0.2, 0.25) is 5.91 Å². The van der Waals surface area contributed by atoms with Gasteiger partial charge in [-0.2, -0.15) is 0 Å². The van der Waals surface area contributed by atoms with Crippen molar-refractivity contribution in [2.24, 2.45) is 11.8 Å². The topological polar surface area (TPSA) is 95.5 Å². The molecule has 2 unspecified atom stereocenters. The van der Waals surface area contributed by atoms with Crippen LogP contribution in [0.3, 0.4) is 0 Å². The number of aliphatic carboxylic acids is 1. The molecule has 1 fully saturated rings. The molecule has 0 spiro atoms. The van der Waals surface area contributed by atoms with Crippen LogP contribution in [0, 0.1) is 11.8 Å². The number of hydrogen-bond acceptors (Lipinski definition) is 6. The summed E-state index contributed by atoms with van der Waals surface area (Å²) >= 11 is 1.42. The SMILES string of the molecule is CC(C)OC(=O)c1c(NC(=O)C2CCCCC2C(=O)[O-])sc2c1CCCC2. The molecule has 148 valence electrons. The van der Waals surface area contributed by atoms with Crippen molar-refractivity contribution in [2.45, 2.75) is 71.3 Å². The monoisotopic (exact) mass is 392 g/mol. The van der Waals surface area contributed by atoms with Crippen LogP contribution >= 0.6 is 11.3 Å². The van der Waals surface area contributed by atoms with E-state index in [4.69, 9.17) is 4.74 Å². The molecule has 2 aliphatic rings. The lowest BCUT2D eigenvalue weighted by atomic mass is 9.78. The maximum atomic E-state index is 12.8. The highest BCUT2D eigenvalue weighted by Crippen LogP contribution is 2.40. The number of carbonyl (C=O) groups excluding carboxylic acids is 3. The first kappa shape index (κ1) is 19.9. The van der Waals surface area contributed by atoms with Crippen LogP contribution in [0.15, 0.2) is 0 Å². The quantitative estimate of drug-likeness (QED) is 0.777. The number of anilines is 1. The van der Waals surface area contributed by atoms with Crippen molar-refractivity contribution in [2.75, 3.05) is 5.32 Å². The van der Waals surface area contributed by atoms with Crippen LogP contribution in [-0.2, 0) is 27.2 Å². The van der Waals surface area contributed by atoms with E-state index in [1.807, 2.05) is 0 Å². The van der Waals surface area contributed by atoms with E-state index in [1.165, 1.54) is 11.3 Å². The van der Waals surface area contributed by atoms with Crippen LogP contribution in [0.4, 0.5) is 5.00 Å². The summed E-state index contributed by atoms with van der Waals surface area (Å²) in [5.41, 5.74) is 1.44. The molecule has 6 nitrogen and oxygen atoms in total. The van der Waals surface area contributed by atoms with E-state index in [-0.39, 0.29) is 12.0 Å². The van der Waals surface area contributed by atoms with Gasteiger partial charge in [0, 0.05) is 22.7 Å². The van der Waals surface area contributed by atoms with Crippen LogP contribution in [0.25, 0.3) is 0 Å². The number of ether oxygens (including phenoxy) is 1. The minimum atomic E-state index is -1.17. The van der Waals surface area contributed by atoms with Gasteiger partial charge >= 0.3 is 5.97 Å². The Morgan fingerprint density at radius 2 is 1.74 bits per heavy atom. The Kier molecular flexibility index (Phi) is 6.19. The minimum Gasteiger partial charge on any atom is -0.550 e. The third kappa shape index (κ3) is 4.34. The van der Waals surface area contributed by atoms with Crippen molar-refractivity contribution in [3.63, 3.8) is 0 Å². The molecule has 1 amide bonds. The fraction of sp³-hybridized carbons (Fsp3) is 0.650. The fourth-order valence-corrected chi connectivity index (χ4v) is 5.35. The highest BCUT2D eigenvalue weighted by Gasteiger charge is 2.34. The first-order chi connectivity index (χ1) is 12.9. The van der Waals surface area contributed by atoms with Crippen molar-refractivity contribution in [1.29, 1.82) is 0 Å². The summed E-state index contributed by atoms with van der Waals surface area (Å²) in [6, 6.07) is 0. The average Bonchev–Trinajstić information content (AvgIpc) is 2.98. The molecule has 7 heteroatoms. The normalized spacial score (nSPS) is 22.2. The summed E-state index contributed by atoms with van der Waals surface area (Å²) in [6.07, 6.45) is 6.13. The van der Waals surface area contributed by atoms with E-state index in [9.17, 15) is 19.5 Å². The lowest BCUT2D eigenvalue weighted by Gasteiger charge is -2.31. The van der Waals surface area contributed by atoms with Crippen molar-refractivity contribution in [3.8, 4) is 0 Å². The Morgan fingerprint density at radius 3 is 2.41 bits per heavy atom. The molecule has 0 aromatic carbocycles. The molecule has 2 atom stereocenters. The maximum Gasteiger partial charge on any atom is 0.341 e. The molecular weight excluding hydrogens is 366 g/mol. The lowest BCUT2D eigenvalue weighted by Crippen LogP contribution is -2.42. The summed E-state index contributed by atoms with van der Waals surface area (Å²) in [7, 11) is 0. The zero-order valence-corrected chi connectivity index (χ0v) is 16.7. The fourth-order valence-electron chi connectivity index (χ4n) is 4.07. The zero-order valence-electron chi connectivity index (χ0n) is 15.8. The molecule has 0 aliphatic heterocycles. The number of amides is 1. The summed E-state index contributed by atoms with van der Waals surface area (Å²) < 4.78 is 5.40. The van der Waals surface area contributed by atoms with E-state index in [2.05, 4.69) is 5.32 Å². The smallest absolute Gasteiger partial charge is 0.341 e. The van der Waals surface area contributed by atoms with E-state index < -0.39 is 23.8 Å². The highest BCUT2D eigenvalue weighted by molar-refractivity contribution is 7.17. The zero-order chi connectivity index (χ0) is 19.6. The summed E-state index contributed by atoms with van der Waals surface area (Å²) in [5.74, 6) is -3.29. The molecule has 1 saturated carbocycles. The maximum absolute atomic E-state index is 12.8. The number of carboxylic acid groups (broad SMARTS) is 1. The number of carboxylic acids is 1. The van der Waals surface area contributed by atoms with Gasteiger partial charge in [0.1, 0.15) is 5.00 Å². The van der Waals surface area contributed by atoms with Gasteiger partial charge in [-0.1, -0.05) is 12.8 Å². The van der Waals surface area contributed by atoms with Gasteiger partial charge < -0.3 is 20.0 Å². The largest absolute Gasteiger partial charge is 0.550 e. The van der Waals surface area contributed by atoms with E-state index in [0.717, 1.165) is 49.0 Å². The highest BCUT2D eigenvalue weighted by atomic mass is 32.1. The van der Waals surface area contributed by atoms with Gasteiger partial charge in [-0.3, -0.25) is 4.79 Å². The van der Waals surface area contributed by atoms with Crippen molar-refractivity contribution >= 4 is 34.2 Å². The third-order valence-electron chi connectivity index (χ3n) is 5.36. The summed E-state index contributed by atoms with van der Waals surface area (Å²) in [4.78, 5) is 38.0. The van der Waals surface area contributed by atoms with Crippen LogP contribution in [-0.4, -0.2) is 23.9 Å². The summed E-state index contributed by atoms with van der Waals surface area (Å²) in [5, 5.41) is 14.8.